The topological polar surface area (TPSA) is 87.5 Å². The fourth-order valence-electron chi connectivity index (χ4n) is 2.39. The maximum absolute atomic E-state index is 11.9. The van der Waals surface area contributed by atoms with Crippen molar-refractivity contribution >= 4 is 29.0 Å². The first-order chi connectivity index (χ1) is 10.5. The van der Waals surface area contributed by atoms with E-state index in [0.29, 0.717) is 18.2 Å². The van der Waals surface area contributed by atoms with E-state index in [1.54, 1.807) is 0 Å². The Morgan fingerprint density at radius 3 is 2.73 bits per heavy atom. The fourth-order valence-corrected chi connectivity index (χ4v) is 2.61. The lowest BCUT2D eigenvalue weighted by molar-refractivity contribution is -0.384. The molecule has 1 aromatic rings. The zero-order valence-electron chi connectivity index (χ0n) is 12.3. The molecule has 7 nitrogen and oxygen atoms in total. The lowest BCUT2D eigenvalue weighted by Gasteiger charge is -2.28. The van der Waals surface area contributed by atoms with Crippen molar-refractivity contribution in [2.75, 3.05) is 32.0 Å². The van der Waals surface area contributed by atoms with Crippen LogP contribution < -0.4 is 10.6 Å². The number of benzene rings is 1. The highest BCUT2D eigenvalue weighted by molar-refractivity contribution is 6.33. The number of likely N-dealkylation sites (tertiary alicyclic amines) is 1. The smallest absolute Gasteiger partial charge is 0.319 e. The summed E-state index contributed by atoms with van der Waals surface area (Å²) in [4.78, 5) is 24.2. The van der Waals surface area contributed by atoms with Gasteiger partial charge in [-0.1, -0.05) is 11.6 Å². The maximum Gasteiger partial charge on any atom is 0.319 e. The summed E-state index contributed by atoms with van der Waals surface area (Å²) in [5, 5.41) is 16.2. The van der Waals surface area contributed by atoms with Crippen molar-refractivity contribution in [1.82, 2.24) is 10.2 Å². The molecule has 1 heterocycles. The molecule has 0 radical (unpaired) electrons. The molecule has 22 heavy (non-hydrogen) atoms. The average Bonchev–Trinajstić information content (AvgIpc) is 2.48. The number of carbonyl (C=O) groups excluding carboxylic acids is 1. The molecule has 120 valence electrons. The summed E-state index contributed by atoms with van der Waals surface area (Å²) < 4.78 is 0. The number of hydrogen-bond acceptors (Lipinski definition) is 4. The van der Waals surface area contributed by atoms with Crippen LogP contribution in [0.3, 0.4) is 0 Å². The van der Waals surface area contributed by atoms with Crippen molar-refractivity contribution in [3.8, 4) is 0 Å². The summed E-state index contributed by atoms with van der Waals surface area (Å²) in [5.41, 5.74) is 0.246. The van der Waals surface area contributed by atoms with Gasteiger partial charge in [0, 0.05) is 18.7 Å². The molecule has 1 fully saturated rings. The number of non-ortho nitro benzene ring substituents is 1. The first-order valence-corrected chi connectivity index (χ1v) is 7.51. The van der Waals surface area contributed by atoms with Crippen molar-refractivity contribution in [2.45, 2.75) is 12.8 Å². The number of nitro benzene ring substituents is 1. The van der Waals surface area contributed by atoms with Gasteiger partial charge in [0.05, 0.1) is 15.6 Å². The molecule has 0 saturated carbocycles. The molecule has 0 aliphatic carbocycles. The monoisotopic (exact) mass is 326 g/mol. The van der Waals surface area contributed by atoms with Crippen molar-refractivity contribution in [2.24, 2.45) is 5.92 Å². The van der Waals surface area contributed by atoms with Crippen molar-refractivity contribution < 1.29 is 9.72 Å². The third-order valence-corrected chi connectivity index (χ3v) is 4.11. The van der Waals surface area contributed by atoms with E-state index in [4.69, 9.17) is 11.6 Å². The number of nitrogens with one attached hydrogen (secondary N) is 2. The first-order valence-electron chi connectivity index (χ1n) is 7.13. The molecule has 2 rings (SSSR count). The summed E-state index contributed by atoms with van der Waals surface area (Å²) >= 11 is 5.93. The number of nitro groups is 1. The predicted octanol–water partition coefficient (Wildman–Crippen LogP) is 2.71. The molecule has 0 unspecified atom stereocenters. The SMILES string of the molecule is CN1CCC(CNC(=O)Nc2ccc([N+](=O)[O-])cc2Cl)CC1. The lowest BCUT2D eigenvalue weighted by atomic mass is 9.97. The zero-order chi connectivity index (χ0) is 16.1. The van der Waals surface area contributed by atoms with Crippen molar-refractivity contribution in [3.63, 3.8) is 0 Å². The molecular weight excluding hydrogens is 308 g/mol. The summed E-state index contributed by atoms with van der Waals surface area (Å²) in [5.74, 6) is 0.481. The van der Waals surface area contributed by atoms with Crippen LogP contribution in [-0.4, -0.2) is 42.5 Å². The van der Waals surface area contributed by atoms with Gasteiger partial charge in [-0.05, 0) is 45.0 Å². The number of piperidine rings is 1. The Hall–Kier alpha value is -1.86. The number of carbonyl (C=O) groups is 1. The van der Waals surface area contributed by atoms with Crippen LogP contribution in [0.5, 0.6) is 0 Å². The molecule has 0 atom stereocenters. The van der Waals surface area contributed by atoms with Crippen LogP contribution in [0.1, 0.15) is 12.8 Å². The highest BCUT2D eigenvalue weighted by Crippen LogP contribution is 2.26. The van der Waals surface area contributed by atoms with Gasteiger partial charge in [0.2, 0.25) is 0 Å². The predicted molar refractivity (Wildman–Crippen MR) is 85.3 cm³/mol. The van der Waals surface area contributed by atoms with Gasteiger partial charge in [0.25, 0.3) is 5.69 Å². The average molecular weight is 327 g/mol. The Morgan fingerprint density at radius 2 is 2.14 bits per heavy atom. The van der Waals surface area contributed by atoms with Crippen LogP contribution >= 0.6 is 11.6 Å². The minimum atomic E-state index is -0.532. The summed E-state index contributed by atoms with van der Waals surface area (Å²) in [6.07, 6.45) is 2.13. The van der Waals surface area contributed by atoms with E-state index in [1.807, 2.05) is 0 Å². The second-order valence-electron chi connectivity index (χ2n) is 5.50. The Balaban J connectivity index is 1.83. The molecular formula is C14H19ClN4O3. The number of hydrogen-bond donors (Lipinski definition) is 2. The van der Waals surface area contributed by atoms with Crippen molar-refractivity contribution in [1.29, 1.82) is 0 Å². The van der Waals surface area contributed by atoms with Gasteiger partial charge in [-0.3, -0.25) is 10.1 Å². The third kappa shape index (κ3) is 4.57. The summed E-state index contributed by atoms with van der Waals surface area (Å²) in [6, 6.07) is 3.59. The van der Waals surface area contributed by atoms with Gasteiger partial charge >= 0.3 is 6.03 Å². The molecule has 1 saturated heterocycles. The number of anilines is 1. The Bertz CT molecular complexity index is 559. The lowest BCUT2D eigenvalue weighted by Crippen LogP contribution is -2.38. The molecule has 2 N–H and O–H groups in total. The van der Waals surface area contributed by atoms with Crippen LogP contribution in [0.15, 0.2) is 18.2 Å². The summed E-state index contributed by atoms with van der Waals surface area (Å²) in [7, 11) is 2.09. The van der Waals surface area contributed by atoms with E-state index < -0.39 is 4.92 Å². The van der Waals surface area contributed by atoms with E-state index in [-0.39, 0.29) is 16.7 Å². The van der Waals surface area contributed by atoms with E-state index in [2.05, 4.69) is 22.6 Å². The van der Waals surface area contributed by atoms with Gasteiger partial charge in [0.15, 0.2) is 0 Å². The molecule has 1 aliphatic rings. The number of nitrogens with zero attached hydrogens (tertiary/aromatic N) is 2. The summed E-state index contributed by atoms with van der Waals surface area (Å²) in [6.45, 7) is 2.70. The molecule has 8 heteroatoms. The Kier molecular flexibility index (Phi) is 5.57. The van der Waals surface area contributed by atoms with Crippen LogP contribution in [0.4, 0.5) is 16.2 Å². The molecule has 0 bridgehead atoms. The number of rotatable bonds is 4. The van der Waals surface area contributed by atoms with Crippen LogP contribution in [-0.2, 0) is 0 Å². The highest BCUT2D eigenvalue weighted by Gasteiger charge is 2.17. The van der Waals surface area contributed by atoms with Gasteiger partial charge in [-0.15, -0.1) is 0 Å². The quantitative estimate of drug-likeness (QED) is 0.658. The number of halogens is 1. The largest absolute Gasteiger partial charge is 0.338 e. The van der Waals surface area contributed by atoms with Gasteiger partial charge < -0.3 is 15.5 Å². The van der Waals surface area contributed by atoms with Gasteiger partial charge in [-0.25, -0.2) is 4.79 Å². The van der Waals surface area contributed by atoms with Crippen LogP contribution in [0.25, 0.3) is 0 Å². The highest BCUT2D eigenvalue weighted by atomic mass is 35.5. The first kappa shape index (κ1) is 16.5. The van der Waals surface area contributed by atoms with Gasteiger partial charge in [-0.2, -0.15) is 0 Å². The molecule has 1 aromatic carbocycles. The van der Waals surface area contributed by atoms with Gasteiger partial charge in [0.1, 0.15) is 0 Å². The van der Waals surface area contributed by atoms with Crippen LogP contribution in [0, 0.1) is 16.0 Å². The van der Waals surface area contributed by atoms with Crippen LogP contribution in [0.2, 0.25) is 5.02 Å². The molecule has 1 aliphatic heterocycles. The number of urea groups is 1. The number of amides is 2. The molecule has 2 amide bonds. The second-order valence-corrected chi connectivity index (χ2v) is 5.91. The molecule has 0 aromatic heterocycles. The third-order valence-electron chi connectivity index (χ3n) is 3.80. The van der Waals surface area contributed by atoms with E-state index in [1.165, 1.54) is 18.2 Å². The Morgan fingerprint density at radius 1 is 1.45 bits per heavy atom. The zero-order valence-corrected chi connectivity index (χ0v) is 13.1. The second kappa shape index (κ2) is 7.42. The fraction of sp³-hybridized carbons (Fsp3) is 0.500. The minimum absolute atomic E-state index is 0.109. The van der Waals surface area contributed by atoms with Crippen molar-refractivity contribution in [3.05, 3.63) is 33.3 Å². The van der Waals surface area contributed by atoms with E-state index >= 15 is 0 Å². The maximum atomic E-state index is 11.9. The molecule has 0 spiro atoms. The Labute approximate surface area is 133 Å². The van der Waals surface area contributed by atoms with E-state index in [9.17, 15) is 14.9 Å². The normalized spacial score (nSPS) is 16.3. The van der Waals surface area contributed by atoms with E-state index in [0.717, 1.165) is 25.9 Å². The minimum Gasteiger partial charge on any atom is -0.338 e. The standard InChI is InChI=1S/C14H19ClN4O3/c1-18-6-4-10(5-7-18)9-16-14(20)17-13-3-2-11(19(21)22)8-12(13)15/h2-3,8,10H,4-7,9H2,1H3,(H2,16,17,20).